The normalized spacial score (nSPS) is 10.6. The molecule has 114 valence electrons. The molecule has 0 atom stereocenters. The summed E-state index contributed by atoms with van der Waals surface area (Å²) in [7, 11) is 0. The van der Waals surface area contributed by atoms with E-state index in [1.807, 2.05) is 30.5 Å². The fraction of sp³-hybridized carbons (Fsp3) is 0.467. The minimum Gasteiger partial charge on any atom is -0.494 e. The molecule has 0 amide bonds. The second kappa shape index (κ2) is 8.52. The second-order valence-corrected chi connectivity index (χ2v) is 4.96. The van der Waals surface area contributed by atoms with Crippen molar-refractivity contribution in [2.45, 2.75) is 26.3 Å². The molecule has 5 nitrogen and oxygen atoms in total. The number of rotatable bonds is 9. The van der Waals surface area contributed by atoms with Gasteiger partial charge in [0.25, 0.3) is 0 Å². The zero-order valence-electron chi connectivity index (χ0n) is 12.2. The Bertz CT molecular complexity index is 528. The molecule has 0 aliphatic carbocycles. The second-order valence-electron chi connectivity index (χ2n) is 4.58. The highest BCUT2D eigenvalue weighted by atomic mass is 35.5. The molecule has 0 fully saturated rings. The highest BCUT2D eigenvalue weighted by Crippen LogP contribution is 2.17. The number of hydrogen-bond acceptors (Lipinski definition) is 4. The van der Waals surface area contributed by atoms with Crippen LogP contribution < -0.4 is 9.47 Å². The van der Waals surface area contributed by atoms with Gasteiger partial charge in [0.2, 0.25) is 0 Å². The first kappa shape index (κ1) is 15.6. The van der Waals surface area contributed by atoms with Crippen molar-refractivity contribution in [1.29, 1.82) is 0 Å². The zero-order valence-corrected chi connectivity index (χ0v) is 12.9. The molecule has 2 rings (SSSR count). The van der Waals surface area contributed by atoms with Gasteiger partial charge in [-0.2, -0.15) is 0 Å². The third-order valence-electron chi connectivity index (χ3n) is 2.82. The minimum absolute atomic E-state index is 0.541. The summed E-state index contributed by atoms with van der Waals surface area (Å²) in [5.74, 6) is 2.24. The van der Waals surface area contributed by atoms with Crippen molar-refractivity contribution in [3.05, 3.63) is 36.2 Å². The quantitative estimate of drug-likeness (QED) is 0.668. The van der Waals surface area contributed by atoms with Gasteiger partial charge in [-0.3, -0.25) is 0 Å². The lowest BCUT2D eigenvalue weighted by atomic mass is 10.3. The molecule has 6 heteroatoms. The molecule has 0 bridgehead atoms. The lowest BCUT2D eigenvalue weighted by Gasteiger charge is -2.08. The van der Waals surface area contributed by atoms with Crippen LogP contribution in [0.15, 0.2) is 30.5 Å². The molecule has 1 aromatic heterocycles. The van der Waals surface area contributed by atoms with Crippen LogP contribution in [0, 0.1) is 0 Å². The molecule has 1 aromatic carbocycles. The van der Waals surface area contributed by atoms with Gasteiger partial charge in [-0.25, -0.2) is 4.68 Å². The van der Waals surface area contributed by atoms with E-state index in [2.05, 4.69) is 17.2 Å². The number of nitrogens with zero attached hydrogens (tertiary/aromatic N) is 3. The predicted molar refractivity (Wildman–Crippen MR) is 82.2 cm³/mol. The lowest BCUT2D eigenvalue weighted by Crippen LogP contribution is -2.08. The average molecular weight is 310 g/mol. The Labute approximate surface area is 129 Å². The van der Waals surface area contributed by atoms with E-state index >= 15 is 0 Å². The largest absolute Gasteiger partial charge is 0.494 e. The average Bonchev–Trinajstić information content (AvgIpc) is 2.94. The van der Waals surface area contributed by atoms with Gasteiger partial charge in [0, 0.05) is 18.5 Å². The monoisotopic (exact) mass is 309 g/mol. The van der Waals surface area contributed by atoms with E-state index in [9.17, 15) is 0 Å². The van der Waals surface area contributed by atoms with Gasteiger partial charge < -0.3 is 9.47 Å². The minimum atomic E-state index is 0.541. The summed E-state index contributed by atoms with van der Waals surface area (Å²) in [5.41, 5.74) is 0.905. The number of alkyl halides is 1. The van der Waals surface area contributed by atoms with Crippen molar-refractivity contribution in [1.82, 2.24) is 15.0 Å². The Morgan fingerprint density at radius 1 is 1.10 bits per heavy atom. The van der Waals surface area contributed by atoms with E-state index < -0.39 is 0 Å². The summed E-state index contributed by atoms with van der Waals surface area (Å²) in [4.78, 5) is 0. The van der Waals surface area contributed by atoms with E-state index in [-0.39, 0.29) is 0 Å². The SMILES string of the molecule is CCCOc1ccc(OCCn2cc(CCCl)nn2)cc1. The van der Waals surface area contributed by atoms with Crippen molar-refractivity contribution in [3.8, 4) is 11.5 Å². The molecule has 21 heavy (non-hydrogen) atoms. The molecule has 0 aliphatic rings. The first-order valence-corrected chi connectivity index (χ1v) is 7.66. The summed E-state index contributed by atoms with van der Waals surface area (Å²) < 4.78 is 13.0. The predicted octanol–water partition coefficient (Wildman–Crippen LogP) is 2.93. The van der Waals surface area contributed by atoms with Crippen LogP contribution in [0.2, 0.25) is 0 Å². The maximum atomic E-state index is 5.67. The summed E-state index contributed by atoms with van der Waals surface area (Å²) in [6.07, 6.45) is 3.64. The smallest absolute Gasteiger partial charge is 0.119 e. The Kier molecular flexibility index (Phi) is 6.34. The molecule has 0 saturated heterocycles. The van der Waals surface area contributed by atoms with Crippen LogP contribution in [-0.2, 0) is 13.0 Å². The van der Waals surface area contributed by atoms with Crippen molar-refractivity contribution in [2.75, 3.05) is 19.1 Å². The highest BCUT2D eigenvalue weighted by molar-refractivity contribution is 6.17. The van der Waals surface area contributed by atoms with Gasteiger partial charge in [-0.1, -0.05) is 12.1 Å². The zero-order chi connectivity index (χ0) is 14.9. The number of ether oxygens (including phenoxy) is 2. The molecule has 0 unspecified atom stereocenters. The molecular formula is C15H20ClN3O2. The Balaban J connectivity index is 1.74. The van der Waals surface area contributed by atoms with Crippen molar-refractivity contribution < 1.29 is 9.47 Å². The number of hydrogen-bond donors (Lipinski definition) is 0. The van der Waals surface area contributed by atoms with Crippen LogP contribution in [0.1, 0.15) is 19.0 Å². The molecule has 0 radical (unpaired) electrons. The number of aryl methyl sites for hydroxylation is 1. The highest BCUT2D eigenvalue weighted by Gasteiger charge is 2.01. The van der Waals surface area contributed by atoms with Gasteiger partial charge in [0.1, 0.15) is 18.1 Å². The molecule has 0 N–H and O–H groups in total. The van der Waals surface area contributed by atoms with Crippen LogP contribution >= 0.6 is 11.6 Å². The summed E-state index contributed by atoms with van der Waals surface area (Å²) in [6.45, 7) is 4.01. The van der Waals surface area contributed by atoms with Crippen molar-refractivity contribution >= 4 is 11.6 Å². The van der Waals surface area contributed by atoms with Crippen LogP contribution in [0.5, 0.6) is 11.5 Å². The van der Waals surface area contributed by atoms with Gasteiger partial charge in [0.15, 0.2) is 0 Å². The summed E-state index contributed by atoms with van der Waals surface area (Å²) in [5, 5.41) is 8.05. The van der Waals surface area contributed by atoms with Gasteiger partial charge in [-0.15, -0.1) is 16.7 Å². The number of halogens is 1. The van der Waals surface area contributed by atoms with Crippen LogP contribution in [-0.4, -0.2) is 34.1 Å². The molecule has 0 aliphatic heterocycles. The van der Waals surface area contributed by atoms with E-state index in [4.69, 9.17) is 21.1 Å². The van der Waals surface area contributed by atoms with Crippen LogP contribution in [0.4, 0.5) is 0 Å². The Morgan fingerprint density at radius 3 is 2.38 bits per heavy atom. The Hall–Kier alpha value is -1.75. The van der Waals surface area contributed by atoms with E-state index in [0.717, 1.165) is 36.6 Å². The van der Waals surface area contributed by atoms with E-state index in [0.29, 0.717) is 19.0 Å². The molecule has 0 spiro atoms. The fourth-order valence-electron chi connectivity index (χ4n) is 1.77. The molecule has 1 heterocycles. The van der Waals surface area contributed by atoms with Crippen LogP contribution in [0.3, 0.4) is 0 Å². The topological polar surface area (TPSA) is 49.2 Å². The van der Waals surface area contributed by atoms with Crippen molar-refractivity contribution in [3.63, 3.8) is 0 Å². The van der Waals surface area contributed by atoms with E-state index in [1.54, 1.807) is 4.68 Å². The molecular weight excluding hydrogens is 290 g/mol. The maximum Gasteiger partial charge on any atom is 0.119 e. The summed E-state index contributed by atoms with van der Waals surface area (Å²) in [6, 6.07) is 7.65. The van der Waals surface area contributed by atoms with E-state index in [1.165, 1.54) is 0 Å². The first-order valence-electron chi connectivity index (χ1n) is 7.12. The molecule has 2 aromatic rings. The first-order chi connectivity index (χ1) is 10.3. The Morgan fingerprint density at radius 2 is 1.76 bits per heavy atom. The lowest BCUT2D eigenvalue weighted by molar-refractivity contribution is 0.287. The standard InChI is InChI=1S/C15H20ClN3O2/c1-2-10-20-14-3-5-15(6-4-14)21-11-9-19-12-13(7-8-16)17-18-19/h3-6,12H,2,7-11H2,1H3. The summed E-state index contributed by atoms with van der Waals surface area (Å²) >= 11 is 5.66. The molecule has 0 saturated carbocycles. The third-order valence-corrected chi connectivity index (χ3v) is 3.01. The van der Waals surface area contributed by atoms with Crippen LogP contribution in [0.25, 0.3) is 0 Å². The third kappa shape index (κ3) is 5.27. The number of benzene rings is 1. The van der Waals surface area contributed by atoms with Gasteiger partial charge in [0.05, 0.1) is 18.8 Å². The maximum absolute atomic E-state index is 5.67. The van der Waals surface area contributed by atoms with Gasteiger partial charge >= 0.3 is 0 Å². The number of aromatic nitrogens is 3. The van der Waals surface area contributed by atoms with Crippen molar-refractivity contribution in [2.24, 2.45) is 0 Å². The van der Waals surface area contributed by atoms with Gasteiger partial charge in [-0.05, 0) is 30.7 Å². The fourth-order valence-corrected chi connectivity index (χ4v) is 1.96.